The molecule has 0 radical (unpaired) electrons. The molecule has 4 N–H and O–H groups in total. The Morgan fingerprint density at radius 3 is 2.63 bits per heavy atom. The van der Waals surface area contributed by atoms with E-state index in [1.807, 2.05) is 18.0 Å². The number of nitrogens with two attached hydrogens (primary N) is 1. The van der Waals surface area contributed by atoms with Crippen molar-refractivity contribution in [3.63, 3.8) is 0 Å². The Morgan fingerprint density at radius 2 is 2.11 bits per heavy atom. The van der Waals surface area contributed by atoms with Crippen LogP contribution in [0.4, 0.5) is 5.69 Å². The zero-order valence-electron chi connectivity index (χ0n) is 11.1. The van der Waals surface area contributed by atoms with E-state index in [9.17, 15) is 5.11 Å². The molecule has 0 bridgehead atoms. The van der Waals surface area contributed by atoms with Crippen LogP contribution >= 0.6 is 11.6 Å². The molecule has 0 saturated heterocycles. The molecule has 1 aliphatic rings. The number of nitrogens with one attached hydrogen (secondary N) is 1. The molecule has 0 amide bonds. The average molecular weight is 282 g/mol. The molecule has 2 rings (SSSR count). The average Bonchev–Trinajstić information content (AvgIpc) is 2.75. The third-order valence-electron chi connectivity index (χ3n) is 3.74. The van der Waals surface area contributed by atoms with Crippen molar-refractivity contribution >= 4 is 23.1 Å². The van der Waals surface area contributed by atoms with E-state index in [0.717, 1.165) is 31.4 Å². The van der Waals surface area contributed by atoms with Crippen molar-refractivity contribution in [1.82, 2.24) is 0 Å². The summed E-state index contributed by atoms with van der Waals surface area (Å²) in [6.45, 7) is 0.576. The topological polar surface area (TPSA) is 73.3 Å². The maximum absolute atomic E-state index is 10.4. The normalized spacial score (nSPS) is 17.4. The molecule has 1 aromatic rings. The quantitative estimate of drug-likeness (QED) is 0.586. The molecular formula is C14H20ClN3O. The van der Waals surface area contributed by atoms with Gasteiger partial charge in [-0.2, -0.15) is 0 Å². The van der Waals surface area contributed by atoms with Gasteiger partial charge in [0.1, 0.15) is 5.84 Å². The lowest BCUT2D eigenvalue weighted by Gasteiger charge is -2.30. The van der Waals surface area contributed by atoms with Crippen LogP contribution in [0.1, 0.15) is 31.2 Å². The molecule has 0 aromatic heterocycles. The Bertz CT molecular complexity index is 484. The third-order valence-corrected chi connectivity index (χ3v) is 4.04. The standard InChI is InChI=1S/C14H20ClN3O/c1-18(9-14(19)6-2-3-7-14)12-5-4-10(13(16)17)8-11(12)15/h4-5,8,19H,2-3,6-7,9H2,1H3,(H3,16,17). The fraction of sp³-hybridized carbons (Fsp3) is 0.500. The molecule has 19 heavy (non-hydrogen) atoms. The first-order chi connectivity index (χ1) is 8.91. The van der Waals surface area contributed by atoms with Crippen LogP contribution in [-0.2, 0) is 0 Å². The van der Waals surface area contributed by atoms with Crippen molar-refractivity contribution in [2.75, 3.05) is 18.5 Å². The SMILES string of the molecule is CN(CC1(O)CCCC1)c1ccc(C(=N)N)cc1Cl. The Labute approximate surface area is 118 Å². The zero-order valence-corrected chi connectivity index (χ0v) is 11.9. The minimum absolute atomic E-state index is 0.00512. The summed E-state index contributed by atoms with van der Waals surface area (Å²) in [7, 11) is 1.92. The van der Waals surface area contributed by atoms with E-state index >= 15 is 0 Å². The molecule has 1 aromatic carbocycles. The first-order valence-electron chi connectivity index (χ1n) is 6.49. The Hall–Kier alpha value is -1.26. The van der Waals surface area contributed by atoms with E-state index in [2.05, 4.69) is 0 Å². The first kappa shape index (κ1) is 14.2. The molecule has 0 unspecified atom stereocenters. The van der Waals surface area contributed by atoms with Gasteiger partial charge in [0.15, 0.2) is 0 Å². The third kappa shape index (κ3) is 3.19. The largest absolute Gasteiger partial charge is 0.388 e. The number of nitrogens with zero attached hydrogens (tertiary/aromatic N) is 1. The number of likely N-dealkylation sites (N-methyl/N-ethyl adjacent to an activating group) is 1. The molecule has 1 aliphatic carbocycles. The second-order valence-corrected chi connectivity index (χ2v) is 5.77. The van der Waals surface area contributed by atoms with Gasteiger partial charge < -0.3 is 15.7 Å². The predicted molar refractivity (Wildman–Crippen MR) is 79.2 cm³/mol. The van der Waals surface area contributed by atoms with Crippen molar-refractivity contribution in [3.05, 3.63) is 28.8 Å². The van der Waals surface area contributed by atoms with E-state index < -0.39 is 5.60 Å². The van der Waals surface area contributed by atoms with Gasteiger partial charge in [-0.15, -0.1) is 0 Å². The van der Waals surface area contributed by atoms with E-state index in [1.165, 1.54) is 0 Å². The molecular weight excluding hydrogens is 262 g/mol. The summed E-state index contributed by atoms with van der Waals surface area (Å²) in [6.07, 6.45) is 3.86. The maximum atomic E-state index is 10.4. The van der Waals surface area contributed by atoms with Gasteiger partial charge in [-0.3, -0.25) is 5.41 Å². The van der Waals surface area contributed by atoms with Gasteiger partial charge in [-0.25, -0.2) is 0 Å². The van der Waals surface area contributed by atoms with E-state index in [4.69, 9.17) is 22.7 Å². The van der Waals surface area contributed by atoms with Crippen LogP contribution in [0.25, 0.3) is 0 Å². The molecule has 4 nitrogen and oxygen atoms in total. The molecule has 0 heterocycles. The highest BCUT2D eigenvalue weighted by molar-refractivity contribution is 6.33. The molecule has 1 fully saturated rings. The van der Waals surface area contributed by atoms with Gasteiger partial charge in [-0.05, 0) is 31.0 Å². The van der Waals surface area contributed by atoms with Crippen LogP contribution in [0.3, 0.4) is 0 Å². The van der Waals surface area contributed by atoms with E-state index in [1.54, 1.807) is 12.1 Å². The molecule has 0 spiro atoms. The smallest absolute Gasteiger partial charge is 0.122 e. The van der Waals surface area contributed by atoms with Gasteiger partial charge in [0, 0.05) is 19.2 Å². The highest BCUT2D eigenvalue weighted by Gasteiger charge is 2.32. The number of nitrogen functional groups attached to an aromatic ring is 1. The van der Waals surface area contributed by atoms with Gasteiger partial charge in [-0.1, -0.05) is 24.4 Å². The van der Waals surface area contributed by atoms with Gasteiger partial charge in [0.05, 0.1) is 16.3 Å². The van der Waals surface area contributed by atoms with Crippen LogP contribution in [-0.4, -0.2) is 30.1 Å². The minimum atomic E-state index is -0.600. The number of aliphatic hydroxyl groups is 1. The highest BCUT2D eigenvalue weighted by Crippen LogP contribution is 2.33. The summed E-state index contributed by atoms with van der Waals surface area (Å²) in [5.41, 5.74) is 6.30. The lowest BCUT2D eigenvalue weighted by Crippen LogP contribution is -2.39. The summed E-state index contributed by atoms with van der Waals surface area (Å²) in [6, 6.07) is 5.31. The van der Waals surface area contributed by atoms with Crippen molar-refractivity contribution in [2.45, 2.75) is 31.3 Å². The van der Waals surface area contributed by atoms with Gasteiger partial charge in [0.2, 0.25) is 0 Å². The minimum Gasteiger partial charge on any atom is -0.388 e. The monoisotopic (exact) mass is 281 g/mol. The fourth-order valence-electron chi connectivity index (χ4n) is 2.70. The summed E-state index contributed by atoms with van der Waals surface area (Å²) < 4.78 is 0. The summed E-state index contributed by atoms with van der Waals surface area (Å²) >= 11 is 6.22. The molecule has 1 saturated carbocycles. The maximum Gasteiger partial charge on any atom is 0.122 e. The molecule has 0 atom stereocenters. The number of hydrogen-bond acceptors (Lipinski definition) is 3. The number of rotatable bonds is 4. The van der Waals surface area contributed by atoms with Crippen molar-refractivity contribution < 1.29 is 5.11 Å². The van der Waals surface area contributed by atoms with Crippen molar-refractivity contribution in [2.24, 2.45) is 5.73 Å². The van der Waals surface area contributed by atoms with Crippen molar-refractivity contribution in [3.8, 4) is 0 Å². The first-order valence-corrected chi connectivity index (χ1v) is 6.86. The summed E-state index contributed by atoms with van der Waals surface area (Å²) in [4.78, 5) is 1.97. The van der Waals surface area contributed by atoms with E-state index in [0.29, 0.717) is 17.1 Å². The van der Waals surface area contributed by atoms with Crippen LogP contribution in [0.15, 0.2) is 18.2 Å². The number of halogens is 1. The highest BCUT2D eigenvalue weighted by atomic mass is 35.5. The second-order valence-electron chi connectivity index (χ2n) is 5.37. The molecule has 0 aliphatic heterocycles. The van der Waals surface area contributed by atoms with Gasteiger partial charge >= 0.3 is 0 Å². The number of hydrogen-bond donors (Lipinski definition) is 3. The van der Waals surface area contributed by atoms with Crippen LogP contribution in [0, 0.1) is 5.41 Å². The Morgan fingerprint density at radius 1 is 1.47 bits per heavy atom. The predicted octanol–water partition coefficient (Wildman–Crippen LogP) is 2.37. The lowest BCUT2D eigenvalue weighted by atomic mass is 10.0. The number of amidine groups is 1. The molecule has 104 valence electrons. The summed E-state index contributed by atoms with van der Waals surface area (Å²) in [5.74, 6) is 0.00512. The lowest BCUT2D eigenvalue weighted by molar-refractivity contribution is 0.0559. The number of benzene rings is 1. The van der Waals surface area contributed by atoms with Crippen LogP contribution in [0.2, 0.25) is 5.02 Å². The molecule has 5 heteroatoms. The van der Waals surface area contributed by atoms with Crippen LogP contribution in [0.5, 0.6) is 0 Å². The van der Waals surface area contributed by atoms with Gasteiger partial charge in [0.25, 0.3) is 0 Å². The van der Waals surface area contributed by atoms with Crippen molar-refractivity contribution in [1.29, 1.82) is 5.41 Å². The number of anilines is 1. The Balaban J connectivity index is 2.15. The summed E-state index contributed by atoms with van der Waals surface area (Å²) in [5, 5.41) is 18.4. The Kier molecular flexibility index (Phi) is 4.02. The fourth-order valence-corrected chi connectivity index (χ4v) is 3.03. The van der Waals surface area contributed by atoms with E-state index in [-0.39, 0.29) is 5.84 Å². The van der Waals surface area contributed by atoms with Crippen LogP contribution < -0.4 is 10.6 Å². The zero-order chi connectivity index (χ0) is 14.0. The second kappa shape index (κ2) is 5.39.